The summed E-state index contributed by atoms with van der Waals surface area (Å²) in [4.78, 5) is 0. The van der Waals surface area contributed by atoms with Crippen LogP contribution < -0.4 is 0 Å². The SMILES string of the molecule is C.C.CC.CC(C)(C)Cc1ccccc1.[B]C. The summed E-state index contributed by atoms with van der Waals surface area (Å²) in [7, 11) is 4.50. The predicted molar refractivity (Wildman–Crippen MR) is 86.0 cm³/mol. The molecule has 1 heteroatoms. The van der Waals surface area contributed by atoms with Gasteiger partial charge >= 0.3 is 0 Å². The molecule has 0 saturated heterocycles. The van der Waals surface area contributed by atoms with Crippen molar-refractivity contribution >= 4 is 7.85 Å². The maximum absolute atomic E-state index is 4.50. The van der Waals surface area contributed by atoms with Crippen LogP contribution in [0.15, 0.2) is 30.3 Å². The van der Waals surface area contributed by atoms with E-state index in [0.29, 0.717) is 5.41 Å². The second-order valence-electron chi connectivity index (χ2n) is 4.22. The molecule has 17 heavy (non-hydrogen) atoms. The van der Waals surface area contributed by atoms with Gasteiger partial charge in [0.05, 0.1) is 7.85 Å². The number of benzene rings is 1. The van der Waals surface area contributed by atoms with E-state index in [2.05, 4.69) is 58.9 Å². The molecule has 0 N–H and O–H groups in total. The fraction of sp³-hybridized carbons (Fsp3) is 0.625. The van der Waals surface area contributed by atoms with Crippen molar-refractivity contribution in [3.63, 3.8) is 0 Å². The van der Waals surface area contributed by atoms with Crippen LogP contribution in [0.2, 0.25) is 6.82 Å². The van der Waals surface area contributed by atoms with Crippen molar-refractivity contribution in [2.75, 3.05) is 0 Å². The minimum absolute atomic E-state index is 0. The van der Waals surface area contributed by atoms with Gasteiger partial charge in [-0.05, 0) is 17.4 Å². The van der Waals surface area contributed by atoms with Gasteiger partial charge in [-0.2, -0.15) is 0 Å². The van der Waals surface area contributed by atoms with E-state index in [-0.39, 0.29) is 14.9 Å². The highest BCUT2D eigenvalue weighted by Gasteiger charge is 2.09. The third kappa shape index (κ3) is 17.9. The molecule has 0 bridgehead atoms. The first-order chi connectivity index (χ1) is 7.08. The van der Waals surface area contributed by atoms with Crippen molar-refractivity contribution in [2.24, 2.45) is 5.41 Å². The van der Waals surface area contributed by atoms with Crippen LogP contribution in [-0.4, -0.2) is 7.85 Å². The molecule has 0 atom stereocenters. The van der Waals surface area contributed by atoms with Gasteiger partial charge in [0.2, 0.25) is 0 Å². The Morgan fingerprint density at radius 1 is 0.882 bits per heavy atom. The van der Waals surface area contributed by atoms with E-state index in [9.17, 15) is 0 Å². The van der Waals surface area contributed by atoms with Crippen LogP contribution >= 0.6 is 0 Å². The minimum Gasteiger partial charge on any atom is -0.0999 e. The lowest BCUT2D eigenvalue weighted by molar-refractivity contribution is 0.411. The third-order valence-electron chi connectivity index (χ3n) is 1.58. The predicted octanol–water partition coefficient (Wildman–Crippen LogP) is 5.78. The summed E-state index contributed by atoms with van der Waals surface area (Å²) in [5.41, 5.74) is 1.83. The highest BCUT2D eigenvalue weighted by Crippen LogP contribution is 2.19. The maximum Gasteiger partial charge on any atom is 0.0606 e. The van der Waals surface area contributed by atoms with Crippen LogP contribution in [0.5, 0.6) is 0 Å². The zero-order valence-electron chi connectivity index (χ0n) is 11.2. The van der Waals surface area contributed by atoms with Crippen molar-refractivity contribution in [1.29, 1.82) is 0 Å². The van der Waals surface area contributed by atoms with Crippen LogP contribution in [0.4, 0.5) is 0 Å². The zero-order chi connectivity index (χ0) is 12.3. The fourth-order valence-electron chi connectivity index (χ4n) is 1.21. The molecule has 0 aliphatic heterocycles. The molecule has 0 spiro atoms. The van der Waals surface area contributed by atoms with Gasteiger partial charge in [-0.1, -0.05) is 86.6 Å². The molecule has 100 valence electrons. The van der Waals surface area contributed by atoms with E-state index in [0.717, 1.165) is 6.42 Å². The van der Waals surface area contributed by atoms with E-state index in [4.69, 9.17) is 0 Å². The molecule has 1 rings (SSSR count). The van der Waals surface area contributed by atoms with Gasteiger partial charge in [-0.15, -0.1) is 0 Å². The van der Waals surface area contributed by atoms with E-state index >= 15 is 0 Å². The molecular formula is C16H33B. The molecule has 0 aliphatic rings. The second kappa shape index (κ2) is 15.3. The molecule has 0 amide bonds. The van der Waals surface area contributed by atoms with Gasteiger partial charge < -0.3 is 0 Å². The topological polar surface area (TPSA) is 0 Å². The summed E-state index contributed by atoms with van der Waals surface area (Å²) >= 11 is 0. The molecule has 0 aromatic heterocycles. The minimum atomic E-state index is 0. The molecule has 0 saturated carbocycles. The second-order valence-corrected chi connectivity index (χ2v) is 4.22. The van der Waals surface area contributed by atoms with Gasteiger partial charge in [0.25, 0.3) is 0 Å². The molecule has 0 nitrogen and oxygen atoms in total. The first-order valence-electron chi connectivity index (χ1n) is 5.70. The quantitative estimate of drug-likeness (QED) is 0.542. The summed E-state index contributed by atoms with van der Waals surface area (Å²) in [5.74, 6) is 0. The largest absolute Gasteiger partial charge is 0.0999 e. The van der Waals surface area contributed by atoms with Crippen molar-refractivity contribution < 1.29 is 0 Å². The van der Waals surface area contributed by atoms with Gasteiger partial charge in [-0.3, -0.25) is 0 Å². The van der Waals surface area contributed by atoms with Crippen molar-refractivity contribution in [3.05, 3.63) is 35.9 Å². The normalized spacial score (nSPS) is 8.12. The summed E-state index contributed by atoms with van der Waals surface area (Å²) in [5, 5.41) is 0. The monoisotopic (exact) mass is 236 g/mol. The molecular weight excluding hydrogens is 203 g/mol. The Balaban J connectivity index is -0.000000128. The van der Waals surface area contributed by atoms with E-state index < -0.39 is 0 Å². The lowest BCUT2D eigenvalue weighted by atomic mass is 9.88. The van der Waals surface area contributed by atoms with E-state index in [1.54, 1.807) is 0 Å². The Bertz CT molecular complexity index is 209. The number of hydrogen-bond donors (Lipinski definition) is 0. The maximum atomic E-state index is 4.50. The molecule has 0 heterocycles. The lowest BCUT2D eigenvalue weighted by Crippen LogP contribution is -2.08. The first-order valence-corrected chi connectivity index (χ1v) is 5.70. The Hall–Kier alpha value is -0.715. The van der Waals surface area contributed by atoms with Crippen LogP contribution in [0.3, 0.4) is 0 Å². The van der Waals surface area contributed by atoms with Crippen LogP contribution in [0.1, 0.15) is 55.0 Å². The molecule has 1 aromatic rings. The van der Waals surface area contributed by atoms with Crippen molar-refractivity contribution in [2.45, 2.75) is 62.7 Å². The summed E-state index contributed by atoms with van der Waals surface area (Å²) in [6, 6.07) is 10.6. The summed E-state index contributed by atoms with van der Waals surface area (Å²) < 4.78 is 0. The van der Waals surface area contributed by atoms with E-state index in [1.807, 2.05) is 13.8 Å². The Kier molecular flexibility index (Phi) is 22.7. The standard InChI is InChI=1S/C11H16.C2H6.CH3B.2CH4/c1-11(2,3)9-10-7-5-4-6-8-10;2*1-2;;/h4-8H,9H2,1-3H3;1-2H3;1H3;2*1H4. The highest BCUT2D eigenvalue weighted by atomic mass is 14.1. The highest BCUT2D eigenvalue weighted by molar-refractivity contribution is 6.05. The smallest absolute Gasteiger partial charge is 0.0606 e. The first kappa shape index (κ1) is 25.2. The average molecular weight is 236 g/mol. The molecule has 0 fully saturated rings. The molecule has 0 aliphatic carbocycles. The molecule has 1 aromatic carbocycles. The van der Waals surface area contributed by atoms with Gasteiger partial charge in [-0.25, -0.2) is 0 Å². The van der Waals surface area contributed by atoms with Crippen LogP contribution in [0, 0.1) is 5.41 Å². The third-order valence-corrected chi connectivity index (χ3v) is 1.58. The van der Waals surface area contributed by atoms with Crippen molar-refractivity contribution in [1.82, 2.24) is 0 Å². The molecule has 0 unspecified atom stereocenters. The van der Waals surface area contributed by atoms with E-state index in [1.165, 1.54) is 12.4 Å². The zero-order valence-corrected chi connectivity index (χ0v) is 11.2. The van der Waals surface area contributed by atoms with Gasteiger partial charge in [0, 0.05) is 0 Å². The molecule has 2 radical (unpaired) electrons. The summed E-state index contributed by atoms with van der Waals surface area (Å²) in [6.45, 7) is 12.3. The van der Waals surface area contributed by atoms with Gasteiger partial charge in [0.15, 0.2) is 0 Å². The fourth-order valence-corrected chi connectivity index (χ4v) is 1.21. The number of hydrogen-bond acceptors (Lipinski definition) is 0. The Labute approximate surface area is 112 Å². The van der Waals surface area contributed by atoms with Crippen LogP contribution in [-0.2, 0) is 6.42 Å². The Morgan fingerprint density at radius 3 is 1.53 bits per heavy atom. The Morgan fingerprint density at radius 2 is 1.24 bits per heavy atom. The van der Waals surface area contributed by atoms with Crippen molar-refractivity contribution in [3.8, 4) is 0 Å². The summed E-state index contributed by atoms with van der Waals surface area (Å²) in [6.07, 6.45) is 1.16. The number of rotatable bonds is 1. The van der Waals surface area contributed by atoms with Crippen LogP contribution in [0.25, 0.3) is 0 Å². The van der Waals surface area contributed by atoms with Gasteiger partial charge in [0.1, 0.15) is 0 Å². The average Bonchev–Trinajstić information content (AvgIpc) is 2.23. The lowest BCUT2D eigenvalue weighted by Gasteiger charge is -2.17.